The Kier molecular flexibility index (Phi) is 3.20. The van der Waals surface area contributed by atoms with Gasteiger partial charge in [0, 0.05) is 28.0 Å². The number of rotatable bonds is 1. The third kappa shape index (κ3) is 2.34. The minimum absolute atomic E-state index is 0.0556. The molecule has 0 aliphatic heterocycles. The highest BCUT2D eigenvalue weighted by molar-refractivity contribution is 9.10. The highest BCUT2D eigenvalue weighted by Crippen LogP contribution is 2.24. The molecule has 88 valence electrons. The molecule has 0 N–H and O–H groups in total. The van der Waals surface area contributed by atoms with E-state index < -0.39 is 0 Å². The van der Waals surface area contributed by atoms with Crippen LogP contribution in [0.25, 0.3) is 5.69 Å². The first-order chi connectivity index (χ1) is 7.99. The Morgan fingerprint density at radius 1 is 1.00 bits per heavy atom. The van der Waals surface area contributed by atoms with Crippen molar-refractivity contribution in [3.05, 3.63) is 62.0 Å². The number of aryl methyl sites for hydroxylation is 3. The van der Waals surface area contributed by atoms with E-state index in [2.05, 4.69) is 39.6 Å². The van der Waals surface area contributed by atoms with Crippen molar-refractivity contribution in [2.45, 2.75) is 20.8 Å². The normalized spacial score (nSPS) is 10.6. The minimum Gasteiger partial charge on any atom is -0.317 e. The Hall–Kier alpha value is -1.35. The summed E-state index contributed by atoms with van der Waals surface area (Å²) in [5, 5.41) is 0. The molecular formula is C14H14BrNO. The van der Waals surface area contributed by atoms with Crippen LogP contribution in [0.2, 0.25) is 0 Å². The fourth-order valence-corrected chi connectivity index (χ4v) is 2.46. The Balaban J connectivity index is 2.77. The number of halogens is 1. The summed E-state index contributed by atoms with van der Waals surface area (Å²) in [4.78, 5) is 11.4. The van der Waals surface area contributed by atoms with Gasteiger partial charge in [0.2, 0.25) is 0 Å². The maximum Gasteiger partial charge on any atom is 0.182 e. The summed E-state index contributed by atoms with van der Waals surface area (Å²) in [6.45, 7) is 5.95. The first kappa shape index (κ1) is 12.1. The van der Waals surface area contributed by atoms with Gasteiger partial charge in [-0.25, -0.2) is 0 Å². The van der Waals surface area contributed by atoms with Crippen LogP contribution in [0.4, 0.5) is 0 Å². The van der Waals surface area contributed by atoms with Gasteiger partial charge in [-0.15, -0.1) is 0 Å². The fraction of sp³-hybridized carbons (Fsp3) is 0.214. The Morgan fingerprint density at radius 2 is 1.59 bits per heavy atom. The van der Waals surface area contributed by atoms with Crippen LogP contribution < -0.4 is 5.43 Å². The molecule has 3 heteroatoms. The second kappa shape index (κ2) is 4.49. The second-order valence-corrected chi connectivity index (χ2v) is 5.12. The average Bonchev–Trinajstić information content (AvgIpc) is 2.21. The van der Waals surface area contributed by atoms with Gasteiger partial charge in [-0.1, -0.05) is 6.07 Å². The van der Waals surface area contributed by atoms with Crippen molar-refractivity contribution >= 4 is 15.9 Å². The second-order valence-electron chi connectivity index (χ2n) is 4.26. The lowest BCUT2D eigenvalue weighted by atomic mass is 10.2. The van der Waals surface area contributed by atoms with E-state index in [1.807, 2.05) is 19.9 Å². The molecule has 1 aromatic carbocycles. The molecule has 2 nitrogen and oxygen atoms in total. The standard InChI is InChI=1S/C14H14BrNO/c1-9-4-5-13(15)14(6-9)16-10(2)7-12(17)8-11(16)3/h4-8H,1-3H3. The molecule has 0 fully saturated rings. The number of hydrogen-bond acceptors (Lipinski definition) is 1. The Morgan fingerprint density at radius 3 is 2.18 bits per heavy atom. The lowest BCUT2D eigenvalue weighted by molar-refractivity contribution is 0.916. The van der Waals surface area contributed by atoms with E-state index in [-0.39, 0.29) is 5.43 Å². The molecule has 0 saturated heterocycles. The van der Waals surface area contributed by atoms with E-state index in [1.165, 1.54) is 5.56 Å². The van der Waals surface area contributed by atoms with Crippen LogP contribution in [-0.4, -0.2) is 4.57 Å². The highest BCUT2D eigenvalue weighted by Gasteiger charge is 2.07. The summed E-state index contributed by atoms with van der Waals surface area (Å²) in [5.74, 6) is 0. The lowest BCUT2D eigenvalue weighted by Crippen LogP contribution is -2.11. The smallest absolute Gasteiger partial charge is 0.182 e. The van der Waals surface area contributed by atoms with Crippen LogP contribution >= 0.6 is 15.9 Å². The number of hydrogen-bond donors (Lipinski definition) is 0. The van der Waals surface area contributed by atoms with Gasteiger partial charge in [0.1, 0.15) is 0 Å². The maximum atomic E-state index is 11.4. The molecule has 2 rings (SSSR count). The van der Waals surface area contributed by atoms with Crippen LogP contribution in [0.5, 0.6) is 0 Å². The van der Waals surface area contributed by atoms with E-state index in [4.69, 9.17) is 0 Å². The monoisotopic (exact) mass is 291 g/mol. The zero-order valence-electron chi connectivity index (χ0n) is 10.1. The Bertz CT molecular complexity index is 602. The zero-order chi connectivity index (χ0) is 12.6. The summed E-state index contributed by atoms with van der Waals surface area (Å²) in [7, 11) is 0. The molecule has 0 bridgehead atoms. The zero-order valence-corrected chi connectivity index (χ0v) is 11.7. The van der Waals surface area contributed by atoms with Crippen molar-refractivity contribution in [3.63, 3.8) is 0 Å². The molecule has 0 aliphatic rings. The number of aromatic nitrogens is 1. The molecule has 0 atom stereocenters. The van der Waals surface area contributed by atoms with Crippen LogP contribution in [0.15, 0.2) is 39.6 Å². The molecule has 0 aliphatic carbocycles. The number of nitrogens with zero attached hydrogens (tertiary/aromatic N) is 1. The molecule has 1 heterocycles. The highest BCUT2D eigenvalue weighted by atomic mass is 79.9. The summed E-state index contributed by atoms with van der Waals surface area (Å²) in [6.07, 6.45) is 0. The predicted molar refractivity (Wildman–Crippen MR) is 74.0 cm³/mol. The van der Waals surface area contributed by atoms with Crippen molar-refractivity contribution in [2.75, 3.05) is 0 Å². The molecule has 0 unspecified atom stereocenters. The van der Waals surface area contributed by atoms with Gasteiger partial charge in [0.25, 0.3) is 0 Å². The van der Waals surface area contributed by atoms with Gasteiger partial charge in [0.05, 0.1) is 5.69 Å². The molecule has 0 amide bonds. The van der Waals surface area contributed by atoms with E-state index >= 15 is 0 Å². The van der Waals surface area contributed by atoms with E-state index in [0.29, 0.717) is 0 Å². The third-order valence-electron chi connectivity index (χ3n) is 2.75. The molecular weight excluding hydrogens is 278 g/mol. The van der Waals surface area contributed by atoms with Gasteiger partial charge >= 0.3 is 0 Å². The van der Waals surface area contributed by atoms with Gasteiger partial charge in [-0.3, -0.25) is 4.79 Å². The molecule has 17 heavy (non-hydrogen) atoms. The molecule has 0 radical (unpaired) electrons. The van der Waals surface area contributed by atoms with Crippen molar-refractivity contribution < 1.29 is 0 Å². The Labute approximate surface area is 109 Å². The quantitative estimate of drug-likeness (QED) is 0.788. The van der Waals surface area contributed by atoms with Crippen molar-refractivity contribution in [1.29, 1.82) is 0 Å². The van der Waals surface area contributed by atoms with E-state index in [9.17, 15) is 4.79 Å². The SMILES string of the molecule is Cc1ccc(Br)c(-n2c(C)cc(=O)cc2C)c1. The summed E-state index contributed by atoms with van der Waals surface area (Å²) in [5.41, 5.74) is 4.21. The predicted octanol–water partition coefficient (Wildman–Crippen LogP) is 3.53. The van der Waals surface area contributed by atoms with Crippen LogP contribution in [0, 0.1) is 20.8 Å². The van der Waals surface area contributed by atoms with Crippen molar-refractivity contribution in [2.24, 2.45) is 0 Å². The fourth-order valence-electron chi connectivity index (χ4n) is 2.03. The number of benzene rings is 1. The van der Waals surface area contributed by atoms with Gasteiger partial charge in [-0.2, -0.15) is 0 Å². The molecule has 0 spiro atoms. The van der Waals surface area contributed by atoms with Gasteiger partial charge in [-0.05, 0) is 54.4 Å². The van der Waals surface area contributed by atoms with Crippen molar-refractivity contribution in [1.82, 2.24) is 4.57 Å². The molecule has 0 saturated carbocycles. The van der Waals surface area contributed by atoms with E-state index in [0.717, 1.165) is 21.5 Å². The largest absolute Gasteiger partial charge is 0.317 e. The topological polar surface area (TPSA) is 22.0 Å². The molecule has 2 aromatic rings. The van der Waals surface area contributed by atoms with Crippen LogP contribution in [0.1, 0.15) is 17.0 Å². The third-order valence-corrected chi connectivity index (χ3v) is 3.42. The van der Waals surface area contributed by atoms with Crippen LogP contribution in [-0.2, 0) is 0 Å². The first-order valence-electron chi connectivity index (χ1n) is 5.46. The summed E-state index contributed by atoms with van der Waals surface area (Å²) >= 11 is 3.56. The average molecular weight is 292 g/mol. The maximum absolute atomic E-state index is 11.4. The minimum atomic E-state index is 0.0556. The van der Waals surface area contributed by atoms with Gasteiger partial charge < -0.3 is 4.57 Å². The lowest BCUT2D eigenvalue weighted by Gasteiger charge is -2.16. The van der Waals surface area contributed by atoms with Crippen LogP contribution in [0.3, 0.4) is 0 Å². The first-order valence-corrected chi connectivity index (χ1v) is 6.25. The number of pyridine rings is 1. The summed E-state index contributed by atoms with van der Waals surface area (Å²) < 4.78 is 3.11. The summed E-state index contributed by atoms with van der Waals surface area (Å²) in [6, 6.07) is 9.50. The van der Waals surface area contributed by atoms with Crippen molar-refractivity contribution in [3.8, 4) is 5.69 Å². The van der Waals surface area contributed by atoms with E-state index in [1.54, 1.807) is 12.1 Å². The molecule has 1 aromatic heterocycles. The van der Waals surface area contributed by atoms with Gasteiger partial charge in [0.15, 0.2) is 5.43 Å².